The van der Waals surface area contributed by atoms with Gasteiger partial charge in [0.25, 0.3) is 0 Å². The highest BCUT2D eigenvalue weighted by Gasteiger charge is 2.20. The number of aromatic nitrogens is 2. The Bertz CT molecular complexity index is 525. The summed E-state index contributed by atoms with van der Waals surface area (Å²) in [6.45, 7) is 0. The minimum absolute atomic E-state index is 0.461. The Balaban J connectivity index is 2.46. The lowest BCUT2D eigenvalue weighted by Crippen LogP contribution is -2.05. The van der Waals surface area contributed by atoms with E-state index in [2.05, 4.69) is 5.10 Å². The van der Waals surface area contributed by atoms with E-state index in [1.165, 1.54) is 0 Å². The average molecular weight is 253 g/mol. The molecule has 1 unspecified atom stereocenters. The van der Waals surface area contributed by atoms with Crippen LogP contribution in [0.15, 0.2) is 30.5 Å². The zero-order valence-corrected chi connectivity index (χ0v) is 10.3. The fourth-order valence-corrected chi connectivity index (χ4v) is 1.96. The van der Waals surface area contributed by atoms with Gasteiger partial charge < -0.3 is 9.84 Å². The third-order valence-corrected chi connectivity index (χ3v) is 2.85. The summed E-state index contributed by atoms with van der Waals surface area (Å²) in [5.41, 5.74) is 1.08. The molecule has 2 aromatic rings. The molecule has 1 N–H and O–H groups in total. The largest absolute Gasteiger partial charge is 0.496 e. The third kappa shape index (κ3) is 2.28. The lowest BCUT2D eigenvalue weighted by atomic mass is 10.1. The molecule has 0 saturated heterocycles. The lowest BCUT2D eigenvalue weighted by molar-refractivity contribution is 0.209. The molecular formula is C12H13ClN2O2. The van der Waals surface area contributed by atoms with E-state index < -0.39 is 6.10 Å². The van der Waals surface area contributed by atoms with E-state index in [1.54, 1.807) is 49.3 Å². The molecule has 5 heteroatoms. The van der Waals surface area contributed by atoms with E-state index in [0.29, 0.717) is 22.0 Å². The SMILES string of the molecule is COc1cccc(Cl)c1C(O)c1ccn(C)n1. The maximum absolute atomic E-state index is 10.3. The van der Waals surface area contributed by atoms with Crippen LogP contribution in [0.25, 0.3) is 0 Å². The van der Waals surface area contributed by atoms with Crippen LogP contribution in [0.5, 0.6) is 5.75 Å². The Morgan fingerprint density at radius 2 is 2.18 bits per heavy atom. The van der Waals surface area contributed by atoms with Crippen molar-refractivity contribution in [1.29, 1.82) is 0 Å². The van der Waals surface area contributed by atoms with Crippen molar-refractivity contribution in [3.63, 3.8) is 0 Å². The zero-order chi connectivity index (χ0) is 12.4. The molecule has 0 spiro atoms. The summed E-state index contributed by atoms with van der Waals surface area (Å²) in [5, 5.41) is 14.9. The van der Waals surface area contributed by atoms with Crippen molar-refractivity contribution in [2.75, 3.05) is 7.11 Å². The van der Waals surface area contributed by atoms with Crippen LogP contribution in [-0.2, 0) is 7.05 Å². The van der Waals surface area contributed by atoms with Crippen LogP contribution in [0.4, 0.5) is 0 Å². The first-order valence-corrected chi connectivity index (χ1v) is 5.51. The monoisotopic (exact) mass is 252 g/mol. The van der Waals surface area contributed by atoms with E-state index in [9.17, 15) is 5.11 Å². The third-order valence-electron chi connectivity index (χ3n) is 2.52. The van der Waals surface area contributed by atoms with Gasteiger partial charge in [-0.1, -0.05) is 17.7 Å². The van der Waals surface area contributed by atoms with Crippen LogP contribution >= 0.6 is 11.6 Å². The summed E-state index contributed by atoms with van der Waals surface area (Å²) in [7, 11) is 3.33. The molecule has 0 aliphatic heterocycles. The van der Waals surface area contributed by atoms with Crippen LogP contribution in [0.2, 0.25) is 5.02 Å². The van der Waals surface area contributed by atoms with Gasteiger partial charge in [0.1, 0.15) is 11.9 Å². The number of rotatable bonds is 3. The number of aryl methyl sites for hydroxylation is 1. The van der Waals surface area contributed by atoms with Crippen molar-refractivity contribution in [3.8, 4) is 5.75 Å². The molecule has 0 fully saturated rings. The molecule has 1 aromatic heterocycles. The molecule has 0 saturated carbocycles. The minimum atomic E-state index is -0.889. The van der Waals surface area contributed by atoms with Crippen LogP contribution in [0, 0.1) is 0 Å². The maximum Gasteiger partial charge on any atom is 0.128 e. The summed E-state index contributed by atoms with van der Waals surface area (Å²) >= 11 is 6.09. The molecular weight excluding hydrogens is 240 g/mol. The summed E-state index contributed by atoms with van der Waals surface area (Å²) in [6, 6.07) is 6.99. The van der Waals surface area contributed by atoms with Gasteiger partial charge in [0.15, 0.2) is 0 Å². The number of aliphatic hydroxyl groups is 1. The Hall–Kier alpha value is -1.52. The lowest BCUT2D eigenvalue weighted by Gasteiger charge is -2.14. The fourth-order valence-electron chi connectivity index (χ4n) is 1.69. The van der Waals surface area contributed by atoms with E-state index in [0.717, 1.165) is 0 Å². The number of hydrogen-bond donors (Lipinski definition) is 1. The number of ether oxygens (including phenoxy) is 1. The van der Waals surface area contributed by atoms with Gasteiger partial charge in [-0.05, 0) is 18.2 Å². The summed E-state index contributed by atoms with van der Waals surface area (Å²) in [4.78, 5) is 0. The average Bonchev–Trinajstić information content (AvgIpc) is 2.74. The minimum Gasteiger partial charge on any atom is -0.496 e. The first-order valence-electron chi connectivity index (χ1n) is 5.13. The van der Waals surface area contributed by atoms with E-state index in [1.807, 2.05) is 0 Å². The molecule has 0 aliphatic carbocycles. The predicted octanol–water partition coefficient (Wildman–Crippen LogP) is 2.16. The second kappa shape index (κ2) is 4.77. The van der Waals surface area contributed by atoms with E-state index in [-0.39, 0.29) is 0 Å². The normalized spacial score (nSPS) is 12.5. The summed E-state index contributed by atoms with van der Waals surface area (Å²) in [5.74, 6) is 0.552. The molecule has 1 atom stereocenters. The summed E-state index contributed by atoms with van der Waals surface area (Å²) < 4.78 is 6.82. The molecule has 90 valence electrons. The van der Waals surface area contributed by atoms with Crippen molar-refractivity contribution >= 4 is 11.6 Å². The quantitative estimate of drug-likeness (QED) is 0.911. The topological polar surface area (TPSA) is 47.3 Å². The zero-order valence-electron chi connectivity index (χ0n) is 9.59. The molecule has 1 heterocycles. The molecule has 0 bridgehead atoms. The Morgan fingerprint density at radius 1 is 1.41 bits per heavy atom. The van der Waals surface area contributed by atoms with Crippen molar-refractivity contribution in [2.24, 2.45) is 7.05 Å². The molecule has 17 heavy (non-hydrogen) atoms. The van der Waals surface area contributed by atoms with Crippen molar-refractivity contribution in [3.05, 3.63) is 46.7 Å². The van der Waals surface area contributed by atoms with Crippen molar-refractivity contribution in [1.82, 2.24) is 9.78 Å². The predicted molar refractivity (Wildman–Crippen MR) is 65.3 cm³/mol. The standard InChI is InChI=1S/C12H13ClN2O2/c1-15-7-6-9(14-15)12(16)11-8(13)4-3-5-10(11)17-2/h3-7,12,16H,1-2H3. The highest BCUT2D eigenvalue weighted by Crippen LogP contribution is 2.34. The van der Waals surface area contributed by atoms with Gasteiger partial charge in [-0.25, -0.2) is 0 Å². The Labute approximate surface area is 104 Å². The summed E-state index contributed by atoms with van der Waals surface area (Å²) in [6.07, 6.45) is 0.877. The van der Waals surface area contributed by atoms with Crippen LogP contribution in [0.3, 0.4) is 0 Å². The molecule has 4 nitrogen and oxygen atoms in total. The van der Waals surface area contributed by atoms with Crippen LogP contribution in [0.1, 0.15) is 17.4 Å². The highest BCUT2D eigenvalue weighted by molar-refractivity contribution is 6.31. The van der Waals surface area contributed by atoms with Crippen LogP contribution in [-0.4, -0.2) is 22.0 Å². The Morgan fingerprint density at radius 3 is 2.76 bits per heavy atom. The van der Waals surface area contributed by atoms with Gasteiger partial charge in [0.2, 0.25) is 0 Å². The maximum atomic E-state index is 10.3. The van der Waals surface area contributed by atoms with Gasteiger partial charge in [0.05, 0.1) is 17.8 Å². The first-order chi connectivity index (χ1) is 8.13. The molecule has 0 aliphatic rings. The number of methoxy groups -OCH3 is 1. The smallest absolute Gasteiger partial charge is 0.128 e. The van der Waals surface area contributed by atoms with E-state index >= 15 is 0 Å². The van der Waals surface area contributed by atoms with Gasteiger partial charge >= 0.3 is 0 Å². The first kappa shape index (κ1) is 12.0. The molecule has 2 rings (SSSR count). The second-order valence-corrected chi connectivity index (χ2v) is 4.08. The molecule has 1 aromatic carbocycles. The fraction of sp³-hybridized carbons (Fsp3) is 0.250. The molecule has 0 radical (unpaired) electrons. The Kier molecular flexibility index (Phi) is 3.36. The number of benzene rings is 1. The molecule has 0 amide bonds. The van der Waals surface area contributed by atoms with E-state index in [4.69, 9.17) is 16.3 Å². The van der Waals surface area contributed by atoms with Gasteiger partial charge in [-0.15, -0.1) is 0 Å². The van der Waals surface area contributed by atoms with Gasteiger partial charge in [-0.2, -0.15) is 5.10 Å². The number of halogens is 1. The van der Waals surface area contributed by atoms with Crippen molar-refractivity contribution < 1.29 is 9.84 Å². The highest BCUT2D eigenvalue weighted by atomic mass is 35.5. The van der Waals surface area contributed by atoms with Gasteiger partial charge in [0, 0.05) is 18.8 Å². The number of aliphatic hydroxyl groups excluding tert-OH is 1. The number of hydrogen-bond acceptors (Lipinski definition) is 3. The number of nitrogens with zero attached hydrogens (tertiary/aromatic N) is 2. The van der Waals surface area contributed by atoms with Gasteiger partial charge in [-0.3, -0.25) is 4.68 Å². The van der Waals surface area contributed by atoms with Crippen LogP contribution < -0.4 is 4.74 Å². The van der Waals surface area contributed by atoms with Crippen molar-refractivity contribution in [2.45, 2.75) is 6.10 Å². The second-order valence-electron chi connectivity index (χ2n) is 3.67.